The van der Waals surface area contributed by atoms with E-state index < -0.39 is 0 Å². The summed E-state index contributed by atoms with van der Waals surface area (Å²) in [4.78, 5) is 16.3. The molecule has 0 amide bonds. The minimum Gasteiger partial charge on any atom is -0.355 e. The second-order valence-electron chi connectivity index (χ2n) is 7.93. The average molecular weight is 520 g/mol. The normalized spacial score (nSPS) is 18.4. The largest absolute Gasteiger partial charge is 0.355 e. The van der Waals surface area contributed by atoms with Gasteiger partial charge in [-0.15, -0.1) is 24.0 Å². The van der Waals surface area contributed by atoms with E-state index in [1.807, 2.05) is 19.3 Å². The molecule has 2 aliphatic rings. The number of piperazine rings is 1. The van der Waals surface area contributed by atoms with Gasteiger partial charge in [0.2, 0.25) is 0 Å². The highest BCUT2D eigenvalue weighted by Gasteiger charge is 2.23. The van der Waals surface area contributed by atoms with Gasteiger partial charge in [0.05, 0.1) is 0 Å². The Labute approximate surface area is 197 Å². The summed E-state index contributed by atoms with van der Waals surface area (Å²) < 4.78 is 0. The summed E-state index contributed by atoms with van der Waals surface area (Å²) in [5, 5.41) is 3.61. The first-order valence-electron chi connectivity index (χ1n) is 10.7. The quantitative estimate of drug-likeness (QED) is 0.382. The van der Waals surface area contributed by atoms with E-state index in [0.29, 0.717) is 6.04 Å². The maximum absolute atomic E-state index is 4.54. The topological polar surface area (TPSA) is 47.0 Å². The fourth-order valence-electron chi connectivity index (χ4n) is 4.28. The van der Waals surface area contributed by atoms with Crippen molar-refractivity contribution in [3.05, 3.63) is 59.8 Å². The number of anilines is 1. The molecule has 30 heavy (non-hydrogen) atoms. The standard InChI is InChI=1S/C23H32N6.HI/c1-19(29-12-10-20-7-3-4-8-21(20)18-29)17-26-23(24-2)28-15-13-27(14-16-28)22-9-5-6-11-25-22;/h3-9,11,19H,10,12-18H2,1-2H3,(H,24,26);1H. The Morgan fingerprint density at radius 3 is 2.47 bits per heavy atom. The molecule has 4 rings (SSSR count). The third-order valence-corrected chi connectivity index (χ3v) is 6.10. The lowest BCUT2D eigenvalue weighted by Gasteiger charge is -2.38. The molecule has 3 heterocycles. The molecule has 0 radical (unpaired) electrons. The Kier molecular flexibility index (Phi) is 8.32. The van der Waals surface area contributed by atoms with Crippen LogP contribution in [0.1, 0.15) is 18.1 Å². The second kappa shape index (κ2) is 10.9. The molecule has 2 aromatic rings. The lowest BCUT2D eigenvalue weighted by Crippen LogP contribution is -2.54. The smallest absolute Gasteiger partial charge is 0.193 e. The van der Waals surface area contributed by atoms with Crippen LogP contribution in [0.2, 0.25) is 0 Å². The predicted octanol–water partition coefficient (Wildman–Crippen LogP) is 2.84. The van der Waals surface area contributed by atoms with Gasteiger partial charge < -0.3 is 15.1 Å². The van der Waals surface area contributed by atoms with Crippen LogP contribution in [-0.4, -0.2) is 73.1 Å². The van der Waals surface area contributed by atoms with Gasteiger partial charge in [0.15, 0.2) is 5.96 Å². The molecule has 0 aliphatic carbocycles. The zero-order valence-corrected chi connectivity index (χ0v) is 20.3. The van der Waals surface area contributed by atoms with Crippen molar-refractivity contribution in [1.82, 2.24) is 20.1 Å². The lowest BCUT2D eigenvalue weighted by molar-refractivity contribution is 0.190. The number of rotatable bonds is 4. The van der Waals surface area contributed by atoms with Crippen molar-refractivity contribution in [2.45, 2.75) is 25.9 Å². The summed E-state index contributed by atoms with van der Waals surface area (Å²) in [6, 6.07) is 15.4. The van der Waals surface area contributed by atoms with Crippen LogP contribution in [0.4, 0.5) is 5.82 Å². The Morgan fingerprint density at radius 2 is 1.77 bits per heavy atom. The van der Waals surface area contributed by atoms with Crippen LogP contribution in [0, 0.1) is 0 Å². The number of halogens is 1. The molecule has 1 aromatic carbocycles. The molecule has 1 unspecified atom stereocenters. The fourth-order valence-corrected chi connectivity index (χ4v) is 4.28. The zero-order chi connectivity index (χ0) is 20.1. The van der Waals surface area contributed by atoms with E-state index in [9.17, 15) is 0 Å². The predicted molar refractivity (Wildman–Crippen MR) is 135 cm³/mol. The molecule has 6 nitrogen and oxygen atoms in total. The number of nitrogens with one attached hydrogen (secondary N) is 1. The summed E-state index contributed by atoms with van der Waals surface area (Å²) >= 11 is 0. The Balaban J connectivity index is 0.00000256. The molecule has 2 aliphatic heterocycles. The molecule has 7 heteroatoms. The summed E-state index contributed by atoms with van der Waals surface area (Å²) in [6.07, 6.45) is 3.01. The van der Waals surface area contributed by atoms with E-state index in [1.165, 1.54) is 11.1 Å². The minimum absolute atomic E-state index is 0. The highest BCUT2D eigenvalue weighted by molar-refractivity contribution is 14.0. The molecular weight excluding hydrogens is 487 g/mol. The van der Waals surface area contributed by atoms with Gasteiger partial charge in [-0.05, 0) is 36.6 Å². The molecular formula is C23H33IN6. The summed E-state index contributed by atoms with van der Waals surface area (Å²) in [7, 11) is 1.88. The van der Waals surface area contributed by atoms with Crippen LogP contribution in [0.5, 0.6) is 0 Å². The van der Waals surface area contributed by atoms with Crippen molar-refractivity contribution in [1.29, 1.82) is 0 Å². The minimum atomic E-state index is 0. The maximum Gasteiger partial charge on any atom is 0.193 e. The Hall–Kier alpha value is -1.87. The number of fused-ring (bicyclic) bond motifs is 1. The number of benzene rings is 1. The molecule has 1 aromatic heterocycles. The number of aromatic nitrogens is 1. The van der Waals surface area contributed by atoms with Crippen molar-refractivity contribution >= 4 is 35.8 Å². The molecule has 0 bridgehead atoms. The number of hydrogen-bond acceptors (Lipinski definition) is 4. The van der Waals surface area contributed by atoms with Crippen LogP contribution < -0.4 is 10.2 Å². The van der Waals surface area contributed by atoms with Gasteiger partial charge in [0, 0.05) is 65.1 Å². The highest BCUT2D eigenvalue weighted by atomic mass is 127. The van der Waals surface area contributed by atoms with Crippen molar-refractivity contribution in [2.75, 3.05) is 51.2 Å². The molecule has 1 saturated heterocycles. The molecule has 162 valence electrons. The Morgan fingerprint density at radius 1 is 1.03 bits per heavy atom. The molecule has 1 N–H and O–H groups in total. The van der Waals surface area contributed by atoms with Crippen LogP contribution in [-0.2, 0) is 13.0 Å². The van der Waals surface area contributed by atoms with E-state index in [2.05, 4.69) is 73.3 Å². The summed E-state index contributed by atoms with van der Waals surface area (Å²) in [5.41, 5.74) is 2.98. The molecule has 1 fully saturated rings. The first-order valence-corrected chi connectivity index (χ1v) is 10.7. The average Bonchev–Trinajstić information content (AvgIpc) is 2.80. The van der Waals surface area contributed by atoms with Gasteiger partial charge in [-0.3, -0.25) is 9.89 Å². The van der Waals surface area contributed by atoms with E-state index >= 15 is 0 Å². The van der Waals surface area contributed by atoms with Crippen molar-refractivity contribution < 1.29 is 0 Å². The van der Waals surface area contributed by atoms with Crippen molar-refractivity contribution in [3.63, 3.8) is 0 Å². The van der Waals surface area contributed by atoms with Crippen LogP contribution in [0.25, 0.3) is 0 Å². The van der Waals surface area contributed by atoms with E-state index in [-0.39, 0.29) is 24.0 Å². The van der Waals surface area contributed by atoms with Gasteiger partial charge in [0.1, 0.15) is 5.82 Å². The maximum atomic E-state index is 4.54. The molecule has 0 saturated carbocycles. The molecule has 0 spiro atoms. The SMILES string of the molecule is CN=C(NCC(C)N1CCc2ccccc2C1)N1CCN(c2ccccn2)CC1.I. The number of nitrogens with zero attached hydrogens (tertiary/aromatic N) is 5. The first kappa shape index (κ1) is 22.8. The van der Waals surface area contributed by atoms with Crippen molar-refractivity contribution in [3.8, 4) is 0 Å². The lowest BCUT2D eigenvalue weighted by atomic mass is 9.99. The monoisotopic (exact) mass is 520 g/mol. The number of pyridine rings is 1. The number of hydrogen-bond donors (Lipinski definition) is 1. The van der Waals surface area contributed by atoms with Gasteiger partial charge in [-0.25, -0.2) is 4.98 Å². The summed E-state index contributed by atoms with van der Waals surface area (Å²) in [6.45, 7) is 9.25. The highest BCUT2D eigenvalue weighted by Crippen LogP contribution is 2.20. The van der Waals surface area contributed by atoms with Crippen LogP contribution in [0.3, 0.4) is 0 Å². The van der Waals surface area contributed by atoms with Gasteiger partial charge in [0.25, 0.3) is 0 Å². The van der Waals surface area contributed by atoms with E-state index in [4.69, 9.17) is 0 Å². The number of guanidine groups is 1. The third kappa shape index (κ3) is 5.43. The van der Waals surface area contributed by atoms with Crippen LogP contribution in [0.15, 0.2) is 53.7 Å². The van der Waals surface area contributed by atoms with Crippen molar-refractivity contribution in [2.24, 2.45) is 4.99 Å². The number of aliphatic imine (C=N–C) groups is 1. The second-order valence-corrected chi connectivity index (χ2v) is 7.93. The third-order valence-electron chi connectivity index (χ3n) is 6.10. The van der Waals surface area contributed by atoms with Gasteiger partial charge in [-0.2, -0.15) is 0 Å². The Bertz CT molecular complexity index is 819. The zero-order valence-electron chi connectivity index (χ0n) is 18.0. The molecule has 1 atom stereocenters. The van der Waals surface area contributed by atoms with Crippen LogP contribution >= 0.6 is 24.0 Å². The fraction of sp³-hybridized carbons (Fsp3) is 0.478. The van der Waals surface area contributed by atoms with Gasteiger partial charge >= 0.3 is 0 Å². The van der Waals surface area contributed by atoms with E-state index in [0.717, 1.165) is 64.0 Å². The van der Waals surface area contributed by atoms with Gasteiger partial charge in [-0.1, -0.05) is 30.3 Å². The summed E-state index contributed by atoms with van der Waals surface area (Å²) in [5.74, 6) is 2.07. The van der Waals surface area contributed by atoms with E-state index in [1.54, 1.807) is 0 Å². The first-order chi connectivity index (χ1) is 14.2.